The Kier molecular flexibility index (Phi) is 5.99. The predicted octanol–water partition coefficient (Wildman–Crippen LogP) is 5.00. The molecule has 0 fully saturated rings. The highest BCUT2D eigenvalue weighted by Gasteiger charge is 2.16. The number of methoxy groups -OCH3 is 2. The van der Waals surface area contributed by atoms with Gasteiger partial charge in [-0.2, -0.15) is 0 Å². The second kappa shape index (κ2) is 8.43. The van der Waals surface area contributed by atoms with Gasteiger partial charge >= 0.3 is 0 Å². The van der Waals surface area contributed by atoms with E-state index in [4.69, 9.17) is 9.47 Å². The highest BCUT2D eigenvalue weighted by Crippen LogP contribution is 2.40. The van der Waals surface area contributed by atoms with Gasteiger partial charge in [-0.1, -0.05) is 22.0 Å². The van der Waals surface area contributed by atoms with Gasteiger partial charge in [0.2, 0.25) is 5.88 Å². The van der Waals surface area contributed by atoms with Crippen LogP contribution in [0.3, 0.4) is 0 Å². The minimum atomic E-state index is -0.431. The topological polar surface area (TPSA) is 85.4 Å². The number of nitrogens with zero attached hydrogens (tertiary/aromatic N) is 3. The van der Waals surface area contributed by atoms with E-state index >= 15 is 0 Å². The van der Waals surface area contributed by atoms with Crippen LogP contribution in [-0.4, -0.2) is 29.8 Å². The van der Waals surface area contributed by atoms with E-state index in [1.807, 2.05) is 25.1 Å². The number of halogens is 1. The van der Waals surface area contributed by atoms with Gasteiger partial charge in [-0.05, 0) is 42.8 Å². The molecule has 0 saturated carbocycles. The first-order valence-electron chi connectivity index (χ1n) is 8.64. The Morgan fingerprint density at radius 2 is 1.89 bits per heavy atom. The Bertz CT molecular complexity index is 1060. The van der Waals surface area contributed by atoms with Crippen molar-refractivity contribution in [2.24, 2.45) is 10.2 Å². The van der Waals surface area contributed by atoms with Gasteiger partial charge in [0.05, 0.1) is 26.2 Å². The molecule has 1 heterocycles. The molecule has 3 aromatic rings. The summed E-state index contributed by atoms with van der Waals surface area (Å²) in [7, 11) is 3.09. The van der Waals surface area contributed by atoms with Crippen molar-refractivity contribution in [2.75, 3.05) is 14.2 Å². The number of benzene rings is 2. The number of rotatable bonds is 6. The molecule has 7 nitrogen and oxygen atoms in total. The minimum absolute atomic E-state index is 0.0155. The third-order valence-corrected chi connectivity index (χ3v) is 4.85. The monoisotopic (exact) mass is 445 g/mol. The normalized spacial score (nSPS) is 11.3. The van der Waals surface area contributed by atoms with Gasteiger partial charge < -0.3 is 19.1 Å². The predicted molar refractivity (Wildman–Crippen MR) is 110 cm³/mol. The van der Waals surface area contributed by atoms with Crippen molar-refractivity contribution >= 4 is 38.4 Å². The Balaban J connectivity index is 1.87. The van der Waals surface area contributed by atoms with E-state index in [0.29, 0.717) is 18.0 Å². The van der Waals surface area contributed by atoms with Crippen molar-refractivity contribution in [3.8, 4) is 17.4 Å². The molecule has 1 amide bonds. The maximum Gasteiger partial charge on any atom is 0.269 e. The molecule has 0 atom stereocenters. The average molecular weight is 446 g/mol. The molecule has 2 aromatic carbocycles. The first-order valence-corrected chi connectivity index (χ1v) is 9.44. The van der Waals surface area contributed by atoms with Crippen molar-refractivity contribution in [3.05, 3.63) is 46.4 Å². The number of azo groups is 1. The van der Waals surface area contributed by atoms with Crippen LogP contribution in [0.2, 0.25) is 0 Å². The number of carbonyl (C=O) groups is 1. The summed E-state index contributed by atoms with van der Waals surface area (Å²) < 4.78 is 13.0. The van der Waals surface area contributed by atoms with Crippen LogP contribution in [-0.2, 0) is 17.8 Å². The molecule has 0 radical (unpaired) electrons. The number of carbonyl (C=O) groups excluding carboxylic acids is 1. The van der Waals surface area contributed by atoms with Gasteiger partial charge in [-0.25, -0.2) is 0 Å². The lowest BCUT2D eigenvalue weighted by Crippen LogP contribution is -1.99. The molecule has 8 heteroatoms. The summed E-state index contributed by atoms with van der Waals surface area (Å²) in [5.41, 5.74) is 1.83. The van der Waals surface area contributed by atoms with Gasteiger partial charge in [0.1, 0.15) is 0 Å². The fourth-order valence-corrected chi connectivity index (χ4v) is 3.38. The van der Waals surface area contributed by atoms with Crippen molar-refractivity contribution in [1.82, 2.24) is 4.57 Å². The first-order chi connectivity index (χ1) is 13.5. The quantitative estimate of drug-likeness (QED) is 0.540. The summed E-state index contributed by atoms with van der Waals surface area (Å²) in [5, 5.41) is 19.0. The Morgan fingerprint density at radius 3 is 2.57 bits per heavy atom. The Morgan fingerprint density at radius 1 is 1.14 bits per heavy atom. The molecule has 1 aromatic heterocycles. The van der Waals surface area contributed by atoms with E-state index in [-0.39, 0.29) is 18.0 Å². The third kappa shape index (κ3) is 3.87. The van der Waals surface area contributed by atoms with Crippen molar-refractivity contribution < 1.29 is 19.4 Å². The number of ether oxygens (including phenoxy) is 2. The van der Waals surface area contributed by atoms with Crippen molar-refractivity contribution in [1.29, 1.82) is 0 Å². The van der Waals surface area contributed by atoms with Gasteiger partial charge in [0.15, 0.2) is 17.2 Å². The zero-order chi connectivity index (χ0) is 20.3. The smallest absolute Gasteiger partial charge is 0.269 e. The minimum Gasteiger partial charge on any atom is -0.493 e. The molecule has 0 bridgehead atoms. The van der Waals surface area contributed by atoms with Gasteiger partial charge in [0, 0.05) is 16.4 Å². The van der Waals surface area contributed by atoms with Crippen LogP contribution in [0.1, 0.15) is 12.5 Å². The Hall–Kier alpha value is -2.87. The summed E-state index contributed by atoms with van der Waals surface area (Å²) in [5.74, 6) is 0.679. The summed E-state index contributed by atoms with van der Waals surface area (Å²) in [4.78, 5) is 12.3. The molecule has 3 rings (SSSR count). The second-order valence-corrected chi connectivity index (χ2v) is 6.95. The standard InChI is InChI=1S/C20H20BrN3O4/c1-4-24-15-7-6-13(21)11-14(15)19(20(24)26)23-22-18(25)10-12-5-8-16(27-2)17(9-12)28-3/h5-9,11,26H,4,10H2,1-3H3. The zero-order valence-corrected chi connectivity index (χ0v) is 17.4. The van der Waals surface area contributed by atoms with Gasteiger partial charge in [-0.15, -0.1) is 10.2 Å². The average Bonchev–Trinajstić information content (AvgIpc) is 2.96. The van der Waals surface area contributed by atoms with Crippen LogP contribution in [0, 0.1) is 0 Å². The summed E-state index contributed by atoms with van der Waals surface area (Å²) in [6.07, 6.45) is 0.0563. The number of aryl methyl sites for hydroxylation is 1. The molecule has 0 unspecified atom stereocenters. The van der Waals surface area contributed by atoms with E-state index in [2.05, 4.69) is 26.2 Å². The fraction of sp³-hybridized carbons (Fsp3) is 0.250. The van der Waals surface area contributed by atoms with Crippen LogP contribution in [0.15, 0.2) is 51.1 Å². The molecule has 1 N–H and O–H groups in total. The number of aromatic hydroxyl groups is 1. The Labute approximate surface area is 170 Å². The van der Waals surface area contributed by atoms with Crippen LogP contribution in [0.4, 0.5) is 5.69 Å². The molecule has 0 aliphatic heterocycles. The van der Waals surface area contributed by atoms with E-state index in [1.165, 1.54) is 7.11 Å². The van der Waals surface area contributed by atoms with Crippen LogP contribution < -0.4 is 9.47 Å². The number of hydrogen-bond acceptors (Lipinski definition) is 5. The highest BCUT2D eigenvalue weighted by atomic mass is 79.9. The lowest BCUT2D eigenvalue weighted by molar-refractivity contribution is -0.117. The number of fused-ring (bicyclic) bond motifs is 1. The maximum absolute atomic E-state index is 12.3. The van der Waals surface area contributed by atoms with Gasteiger partial charge in [-0.3, -0.25) is 4.79 Å². The lowest BCUT2D eigenvalue weighted by atomic mass is 10.1. The maximum atomic E-state index is 12.3. The molecular weight excluding hydrogens is 426 g/mol. The van der Waals surface area contributed by atoms with Crippen molar-refractivity contribution in [3.63, 3.8) is 0 Å². The van der Waals surface area contributed by atoms with Crippen LogP contribution in [0.25, 0.3) is 10.9 Å². The zero-order valence-electron chi connectivity index (χ0n) is 15.8. The number of aromatic nitrogens is 1. The van der Waals surface area contributed by atoms with E-state index < -0.39 is 5.91 Å². The molecule has 0 aliphatic carbocycles. The SMILES string of the molecule is CCn1c(O)c(N=NC(=O)Cc2ccc(OC)c(OC)c2)c2cc(Br)ccc21. The summed E-state index contributed by atoms with van der Waals surface area (Å²) >= 11 is 3.42. The van der Waals surface area contributed by atoms with Gasteiger partial charge in [0.25, 0.3) is 5.91 Å². The highest BCUT2D eigenvalue weighted by molar-refractivity contribution is 9.10. The molecule has 0 spiro atoms. The second-order valence-electron chi connectivity index (χ2n) is 6.04. The molecule has 146 valence electrons. The summed E-state index contributed by atoms with van der Waals surface area (Å²) in [6.45, 7) is 2.49. The number of amides is 1. The first kappa shape index (κ1) is 19.9. The fourth-order valence-electron chi connectivity index (χ4n) is 3.02. The molecule has 0 saturated heterocycles. The lowest BCUT2D eigenvalue weighted by Gasteiger charge is -2.08. The van der Waals surface area contributed by atoms with Crippen LogP contribution in [0.5, 0.6) is 17.4 Å². The molecule has 0 aliphatic rings. The van der Waals surface area contributed by atoms with E-state index in [0.717, 1.165) is 20.9 Å². The number of hydrogen-bond donors (Lipinski definition) is 1. The molecule has 28 heavy (non-hydrogen) atoms. The molecular formula is C20H20BrN3O4. The van der Waals surface area contributed by atoms with Crippen molar-refractivity contribution in [2.45, 2.75) is 19.9 Å². The van der Waals surface area contributed by atoms with E-state index in [9.17, 15) is 9.90 Å². The summed E-state index contributed by atoms with van der Waals surface area (Å²) in [6, 6.07) is 10.8. The third-order valence-electron chi connectivity index (χ3n) is 4.35. The van der Waals surface area contributed by atoms with E-state index in [1.54, 1.807) is 29.9 Å². The largest absolute Gasteiger partial charge is 0.493 e. The van der Waals surface area contributed by atoms with Crippen LogP contribution >= 0.6 is 15.9 Å².